The van der Waals surface area contributed by atoms with Crippen molar-refractivity contribution >= 4 is 21.6 Å². The van der Waals surface area contributed by atoms with Gasteiger partial charge in [0.25, 0.3) is 0 Å². The molecule has 0 unspecified atom stereocenters. The number of ether oxygens (including phenoxy) is 1. The van der Waals surface area contributed by atoms with Gasteiger partial charge in [-0.25, -0.2) is 9.37 Å². The molecule has 0 bridgehead atoms. The summed E-state index contributed by atoms with van der Waals surface area (Å²) in [7, 11) is 0. The van der Waals surface area contributed by atoms with Gasteiger partial charge in [-0.1, -0.05) is 12.1 Å². The third-order valence-corrected chi connectivity index (χ3v) is 4.13. The number of hydrogen-bond donors (Lipinski definition) is 1. The Morgan fingerprint density at radius 3 is 2.86 bits per heavy atom. The first kappa shape index (κ1) is 14.0. The minimum Gasteiger partial charge on any atom is -0.493 e. The van der Waals surface area contributed by atoms with E-state index in [1.54, 1.807) is 12.1 Å². The Morgan fingerprint density at radius 1 is 1.19 bits per heavy atom. The maximum atomic E-state index is 13.8. The van der Waals surface area contributed by atoms with E-state index in [9.17, 15) is 4.39 Å². The third-order valence-electron chi connectivity index (χ3n) is 3.08. The first-order valence-corrected chi connectivity index (χ1v) is 7.58. The van der Waals surface area contributed by atoms with Crippen LogP contribution in [0.1, 0.15) is 6.42 Å². The number of thiazole rings is 1. The van der Waals surface area contributed by atoms with Crippen molar-refractivity contribution in [1.29, 1.82) is 0 Å². The molecular formula is C16H15FN2OS. The Bertz CT molecular complexity index is 757. The van der Waals surface area contributed by atoms with E-state index in [0.717, 1.165) is 22.4 Å². The highest BCUT2D eigenvalue weighted by Gasteiger charge is 2.10. The number of aromatic nitrogens is 1. The molecule has 1 heterocycles. The molecule has 0 aliphatic carbocycles. The van der Waals surface area contributed by atoms with Gasteiger partial charge in [0.1, 0.15) is 16.6 Å². The van der Waals surface area contributed by atoms with Crippen LogP contribution in [0.2, 0.25) is 0 Å². The van der Waals surface area contributed by atoms with Gasteiger partial charge in [-0.05, 0) is 43.3 Å². The number of halogens is 1. The fourth-order valence-electron chi connectivity index (χ4n) is 2.02. The molecule has 1 aromatic heterocycles. The van der Waals surface area contributed by atoms with Crippen LogP contribution in [0.3, 0.4) is 0 Å². The Balaban J connectivity index is 1.91. The minimum absolute atomic E-state index is 0.254. The summed E-state index contributed by atoms with van der Waals surface area (Å²) in [6, 6.07) is 12.4. The van der Waals surface area contributed by atoms with Crippen LogP contribution in [0.4, 0.5) is 4.39 Å². The molecule has 2 N–H and O–H groups in total. The fourth-order valence-corrected chi connectivity index (χ4v) is 3.04. The summed E-state index contributed by atoms with van der Waals surface area (Å²) in [5.74, 6) is 0.538. The van der Waals surface area contributed by atoms with Crippen LogP contribution in [0, 0.1) is 5.82 Å². The van der Waals surface area contributed by atoms with Gasteiger partial charge in [-0.3, -0.25) is 0 Å². The predicted molar refractivity (Wildman–Crippen MR) is 84.2 cm³/mol. The Kier molecular flexibility index (Phi) is 4.13. The van der Waals surface area contributed by atoms with Crippen LogP contribution in [-0.2, 0) is 0 Å². The molecule has 0 amide bonds. The third kappa shape index (κ3) is 3.04. The van der Waals surface area contributed by atoms with Crippen molar-refractivity contribution in [2.75, 3.05) is 13.2 Å². The number of nitrogens with zero attached hydrogens (tertiary/aromatic N) is 1. The summed E-state index contributed by atoms with van der Waals surface area (Å²) >= 11 is 1.46. The monoisotopic (exact) mass is 302 g/mol. The molecule has 108 valence electrons. The summed E-state index contributed by atoms with van der Waals surface area (Å²) in [5.41, 5.74) is 6.82. The summed E-state index contributed by atoms with van der Waals surface area (Å²) in [4.78, 5) is 4.48. The lowest BCUT2D eigenvalue weighted by Gasteiger charge is -2.04. The fraction of sp³-hybridized carbons (Fsp3) is 0.188. The minimum atomic E-state index is -0.254. The van der Waals surface area contributed by atoms with E-state index in [0.29, 0.717) is 23.7 Å². The number of rotatable bonds is 5. The van der Waals surface area contributed by atoms with Crippen molar-refractivity contribution < 1.29 is 9.13 Å². The maximum Gasteiger partial charge on any atom is 0.133 e. The molecular weight excluding hydrogens is 287 g/mol. The Labute approximate surface area is 126 Å². The smallest absolute Gasteiger partial charge is 0.133 e. The molecule has 0 aliphatic rings. The maximum absolute atomic E-state index is 13.8. The lowest BCUT2D eigenvalue weighted by Crippen LogP contribution is -2.05. The van der Waals surface area contributed by atoms with Gasteiger partial charge in [-0.15, -0.1) is 11.3 Å². The van der Waals surface area contributed by atoms with E-state index in [2.05, 4.69) is 4.98 Å². The quantitative estimate of drug-likeness (QED) is 0.729. The van der Waals surface area contributed by atoms with Gasteiger partial charge in [0, 0.05) is 5.56 Å². The summed E-state index contributed by atoms with van der Waals surface area (Å²) < 4.78 is 20.4. The predicted octanol–water partition coefficient (Wildman–Crippen LogP) is 3.83. The average Bonchev–Trinajstić information content (AvgIpc) is 2.91. The van der Waals surface area contributed by atoms with E-state index in [4.69, 9.17) is 10.5 Å². The lowest BCUT2D eigenvalue weighted by molar-refractivity contribution is 0.314. The van der Waals surface area contributed by atoms with Gasteiger partial charge in [0.15, 0.2) is 0 Å². The summed E-state index contributed by atoms with van der Waals surface area (Å²) in [6.07, 6.45) is 0.821. The van der Waals surface area contributed by atoms with Crippen LogP contribution in [0.25, 0.3) is 20.8 Å². The molecule has 0 atom stereocenters. The normalized spacial score (nSPS) is 11.0. The van der Waals surface area contributed by atoms with Crippen LogP contribution in [0.5, 0.6) is 5.75 Å². The lowest BCUT2D eigenvalue weighted by atomic mass is 10.2. The second-order valence-electron chi connectivity index (χ2n) is 4.62. The van der Waals surface area contributed by atoms with Gasteiger partial charge < -0.3 is 10.5 Å². The standard InChI is InChI=1S/C16H15FN2OS/c17-13-5-2-1-4-12(13)16-19-14-7-6-11(10-15(14)21-16)20-9-3-8-18/h1-2,4-7,10H,3,8-9,18H2. The second-order valence-corrected chi connectivity index (χ2v) is 5.65. The van der Waals surface area contributed by atoms with Crippen molar-refractivity contribution in [1.82, 2.24) is 4.98 Å². The van der Waals surface area contributed by atoms with E-state index in [1.807, 2.05) is 24.3 Å². The van der Waals surface area contributed by atoms with Gasteiger partial charge >= 0.3 is 0 Å². The molecule has 0 saturated heterocycles. The molecule has 2 aromatic carbocycles. The highest BCUT2D eigenvalue weighted by atomic mass is 32.1. The summed E-state index contributed by atoms with van der Waals surface area (Å²) in [6.45, 7) is 1.21. The van der Waals surface area contributed by atoms with E-state index >= 15 is 0 Å². The molecule has 3 aromatic rings. The first-order valence-electron chi connectivity index (χ1n) is 6.76. The van der Waals surface area contributed by atoms with Crippen LogP contribution in [-0.4, -0.2) is 18.1 Å². The molecule has 5 heteroatoms. The number of nitrogens with two attached hydrogens (primary N) is 1. The number of fused-ring (bicyclic) bond motifs is 1. The van der Waals surface area contributed by atoms with Crippen molar-refractivity contribution in [3.8, 4) is 16.3 Å². The zero-order chi connectivity index (χ0) is 14.7. The van der Waals surface area contributed by atoms with E-state index in [1.165, 1.54) is 17.4 Å². The van der Waals surface area contributed by atoms with Crippen molar-refractivity contribution in [2.24, 2.45) is 5.73 Å². The molecule has 3 nitrogen and oxygen atoms in total. The van der Waals surface area contributed by atoms with Crippen LogP contribution in [0.15, 0.2) is 42.5 Å². The molecule has 21 heavy (non-hydrogen) atoms. The van der Waals surface area contributed by atoms with Crippen molar-refractivity contribution in [3.05, 3.63) is 48.3 Å². The molecule has 0 saturated carbocycles. The van der Waals surface area contributed by atoms with Gasteiger partial charge in [-0.2, -0.15) is 0 Å². The van der Waals surface area contributed by atoms with E-state index in [-0.39, 0.29) is 5.82 Å². The zero-order valence-electron chi connectivity index (χ0n) is 11.4. The second kappa shape index (κ2) is 6.20. The summed E-state index contributed by atoms with van der Waals surface area (Å²) in [5, 5.41) is 0.683. The number of benzene rings is 2. The van der Waals surface area contributed by atoms with Crippen molar-refractivity contribution in [3.63, 3.8) is 0 Å². The SMILES string of the molecule is NCCCOc1ccc2nc(-c3ccccc3F)sc2c1. The van der Waals surface area contributed by atoms with Gasteiger partial charge in [0.05, 0.1) is 16.8 Å². The number of hydrogen-bond acceptors (Lipinski definition) is 4. The van der Waals surface area contributed by atoms with E-state index < -0.39 is 0 Å². The van der Waals surface area contributed by atoms with Crippen LogP contribution < -0.4 is 10.5 Å². The molecule has 0 fully saturated rings. The average molecular weight is 302 g/mol. The Morgan fingerprint density at radius 2 is 2.05 bits per heavy atom. The largest absolute Gasteiger partial charge is 0.493 e. The topological polar surface area (TPSA) is 48.1 Å². The van der Waals surface area contributed by atoms with Crippen molar-refractivity contribution in [2.45, 2.75) is 6.42 Å². The Hall–Kier alpha value is -1.98. The van der Waals surface area contributed by atoms with Gasteiger partial charge in [0.2, 0.25) is 0 Å². The molecule has 0 spiro atoms. The first-order chi connectivity index (χ1) is 10.3. The zero-order valence-corrected chi connectivity index (χ0v) is 12.2. The molecule has 0 radical (unpaired) electrons. The highest BCUT2D eigenvalue weighted by molar-refractivity contribution is 7.21. The highest BCUT2D eigenvalue weighted by Crippen LogP contribution is 2.33. The van der Waals surface area contributed by atoms with Crippen LogP contribution >= 0.6 is 11.3 Å². The molecule has 3 rings (SSSR count). The molecule has 0 aliphatic heterocycles.